The summed E-state index contributed by atoms with van der Waals surface area (Å²) in [5.41, 5.74) is 1.33. The highest BCUT2D eigenvalue weighted by Gasteiger charge is 2.23. The summed E-state index contributed by atoms with van der Waals surface area (Å²) in [5.74, 6) is 0.570. The maximum Gasteiger partial charge on any atom is 0.264 e. The number of carbonyl (C=O) groups excluding carboxylic acids is 1. The summed E-state index contributed by atoms with van der Waals surface area (Å²) in [6.07, 6.45) is 0.245. The second-order valence-corrected chi connectivity index (χ2v) is 8.92. The zero-order valence-corrected chi connectivity index (χ0v) is 18.8. The number of hydrogen-bond donors (Lipinski definition) is 1. The van der Waals surface area contributed by atoms with Gasteiger partial charge < -0.3 is 10.1 Å². The number of ether oxygens (including phenoxy) is 1. The Balaban J connectivity index is 1.84. The van der Waals surface area contributed by atoms with Crippen LogP contribution in [0.3, 0.4) is 0 Å². The number of aromatic nitrogens is 2. The Morgan fingerprint density at radius 2 is 1.94 bits per heavy atom. The number of rotatable bonds is 8. The number of nitrogens with zero attached hydrogens (tertiary/aromatic N) is 4. The Morgan fingerprint density at radius 1 is 1.22 bits per heavy atom. The summed E-state index contributed by atoms with van der Waals surface area (Å²) >= 11 is 0. The van der Waals surface area contributed by atoms with Crippen molar-refractivity contribution in [3.63, 3.8) is 0 Å². The van der Waals surface area contributed by atoms with E-state index in [4.69, 9.17) is 10.00 Å². The van der Waals surface area contributed by atoms with Gasteiger partial charge in [0.2, 0.25) is 0 Å². The lowest BCUT2D eigenvalue weighted by Gasteiger charge is -2.20. The number of methoxy groups -OCH3 is 1. The van der Waals surface area contributed by atoms with Gasteiger partial charge in [0.25, 0.3) is 15.9 Å². The zero-order valence-electron chi connectivity index (χ0n) is 17.9. The molecule has 0 saturated carbocycles. The van der Waals surface area contributed by atoms with Gasteiger partial charge in [-0.05, 0) is 49.4 Å². The molecule has 0 bridgehead atoms. The molecular formula is C22H23N5O4S. The summed E-state index contributed by atoms with van der Waals surface area (Å²) in [6.45, 7) is 2.11. The van der Waals surface area contributed by atoms with E-state index in [1.54, 1.807) is 37.3 Å². The summed E-state index contributed by atoms with van der Waals surface area (Å²) in [6, 6.07) is 16.2. The van der Waals surface area contributed by atoms with Crippen LogP contribution in [-0.4, -0.2) is 38.3 Å². The fraction of sp³-hybridized carbons (Fsp3) is 0.227. The minimum absolute atomic E-state index is 0.0161. The molecule has 0 aliphatic carbocycles. The first-order chi connectivity index (χ1) is 15.3. The number of hydrogen-bond acceptors (Lipinski definition) is 6. The molecule has 2 aromatic carbocycles. The van der Waals surface area contributed by atoms with E-state index in [0.717, 1.165) is 4.31 Å². The SMILES string of the molecule is COc1ccc(N(C)S(=O)(=O)c2cccc(C(=O)Nc3cc(C)nn3CCC#N)c2)cc1. The highest BCUT2D eigenvalue weighted by atomic mass is 32.2. The van der Waals surface area contributed by atoms with Crippen LogP contribution in [0.5, 0.6) is 5.75 Å². The Labute approximate surface area is 186 Å². The highest BCUT2D eigenvalue weighted by Crippen LogP contribution is 2.25. The molecule has 0 atom stereocenters. The van der Waals surface area contributed by atoms with Crippen LogP contribution in [-0.2, 0) is 16.6 Å². The van der Waals surface area contributed by atoms with Crippen molar-refractivity contribution in [1.29, 1.82) is 5.26 Å². The van der Waals surface area contributed by atoms with E-state index in [2.05, 4.69) is 10.4 Å². The molecule has 10 heteroatoms. The van der Waals surface area contributed by atoms with E-state index in [1.807, 2.05) is 6.07 Å². The van der Waals surface area contributed by atoms with E-state index in [1.165, 1.54) is 43.1 Å². The van der Waals surface area contributed by atoms with Gasteiger partial charge in [0, 0.05) is 18.7 Å². The Kier molecular flexibility index (Phi) is 6.80. The van der Waals surface area contributed by atoms with Crippen LogP contribution in [0.15, 0.2) is 59.5 Å². The van der Waals surface area contributed by atoms with E-state index < -0.39 is 15.9 Å². The topological polar surface area (TPSA) is 117 Å². The smallest absolute Gasteiger partial charge is 0.264 e. The first-order valence-electron chi connectivity index (χ1n) is 9.72. The number of carbonyl (C=O) groups is 1. The molecule has 9 nitrogen and oxygen atoms in total. The Morgan fingerprint density at radius 3 is 2.59 bits per heavy atom. The quantitative estimate of drug-likeness (QED) is 0.560. The lowest BCUT2D eigenvalue weighted by atomic mass is 10.2. The second-order valence-electron chi connectivity index (χ2n) is 6.95. The first-order valence-corrected chi connectivity index (χ1v) is 11.2. The normalized spacial score (nSPS) is 10.9. The predicted octanol–water partition coefficient (Wildman–Crippen LogP) is 3.19. The fourth-order valence-electron chi connectivity index (χ4n) is 3.05. The molecule has 0 aliphatic rings. The maximum atomic E-state index is 13.1. The van der Waals surface area contributed by atoms with Crippen LogP contribution >= 0.6 is 0 Å². The van der Waals surface area contributed by atoms with Crippen molar-refractivity contribution in [1.82, 2.24) is 9.78 Å². The third-order valence-corrected chi connectivity index (χ3v) is 6.55. The van der Waals surface area contributed by atoms with Crippen LogP contribution in [0.25, 0.3) is 0 Å². The average molecular weight is 454 g/mol. The van der Waals surface area contributed by atoms with E-state index in [-0.39, 0.29) is 16.9 Å². The average Bonchev–Trinajstić information content (AvgIpc) is 3.15. The van der Waals surface area contributed by atoms with Crippen LogP contribution < -0.4 is 14.4 Å². The molecule has 3 rings (SSSR count). The van der Waals surface area contributed by atoms with Crippen LogP contribution in [0.4, 0.5) is 11.5 Å². The van der Waals surface area contributed by atoms with Gasteiger partial charge in [-0.1, -0.05) is 6.07 Å². The highest BCUT2D eigenvalue weighted by molar-refractivity contribution is 7.92. The number of nitrogens with one attached hydrogen (secondary N) is 1. The minimum Gasteiger partial charge on any atom is -0.497 e. The van der Waals surface area contributed by atoms with Gasteiger partial charge >= 0.3 is 0 Å². The van der Waals surface area contributed by atoms with Gasteiger partial charge in [0.05, 0.1) is 42.4 Å². The molecule has 1 heterocycles. The summed E-state index contributed by atoms with van der Waals surface area (Å²) < 4.78 is 34.0. The van der Waals surface area contributed by atoms with Gasteiger partial charge in [-0.15, -0.1) is 0 Å². The Bertz CT molecular complexity index is 1260. The number of aryl methyl sites for hydroxylation is 2. The van der Waals surface area contributed by atoms with E-state index >= 15 is 0 Å². The standard InChI is InChI=1S/C22H23N5O4S/c1-16-14-21(27(25-16)13-5-12-23)24-22(28)17-6-4-7-20(15-17)32(29,30)26(2)18-8-10-19(31-3)11-9-18/h4,6-11,14-15H,5,13H2,1-3H3,(H,24,28). The molecule has 3 aromatic rings. The molecule has 1 N–H and O–H groups in total. The van der Waals surface area contributed by atoms with Crippen molar-refractivity contribution in [2.75, 3.05) is 23.8 Å². The molecule has 0 radical (unpaired) electrons. The number of anilines is 2. The number of benzene rings is 2. The van der Waals surface area contributed by atoms with Crippen molar-refractivity contribution in [3.8, 4) is 11.8 Å². The maximum absolute atomic E-state index is 13.1. The second kappa shape index (κ2) is 9.53. The minimum atomic E-state index is -3.90. The van der Waals surface area contributed by atoms with Crippen LogP contribution in [0.2, 0.25) is 0 Å². The first kappa shape index (κ1) is 22.8. The molecule has 0 spiro atoms. The number of amides is 1. The summed E-state index contributed by atoms with van der Waals surface area (Å²) in [4.78, 5) is 12.8. The predicted molar refractivity (Wildman–Crippen MR) is 120 cm³/mol. The third-order valence-electron chi connectivity index (χ3n) is 4.77. The lowest BCUT2D eigenvalue weighted by molar-refractivity contribution is 0.102. The van der Waals surface area contributed by atoms with Crippen molar-refractivity contribution in [3.05, 3.63) is 65.9 Å². The van der Waals surface area contributed by atoms with Gasteiger partial charge in [0.15, 0.2) is 0 Å². The van der Waals surface area contributed by atoms with Gasteiger partial charge in [-0.25, -0.2) is 13.1 Å². The van der Waals surface area contributed by atoms with Crippen LogP contribution in [0, 0.1) is 18.3 Å². The van der Waals surface area contributed by atoms with Crippen molar-refractivity contribution < 1.29 is 17.9 Å². The monoisotopic (exact) mass is 453 g/mol. The van der Waals surface area contributed by atoms with Crippen molar-refractivity contribution in [2.24, 2.45) is 0 Å². The molecule has 0 saturated heterocycles. The number of nitriles is 1. The van der Waals surface area contributed by atoms with Crippen LogP contribution in [0.1, 0.15) is 22.5 Å². The summed E-state index contributed by atoms with van der Waals surface area (Å²) in [7, 11) is -0.921. The van der Waals surface area contributed by atoms with Gasteiger partial charge in [-0.3, -0.25) is 9.10 Å². The van der Waals surface area contributed by atoms with Gasteiger partial charge in [0.1, 0.15) is 11.6 Å². The van der Waals surface area contributed by atoms with E-state index in [9.17, 15) is 13.2 Å². The van der Waals surface area contributed by atoms with Gasteiger partial charge in [-0.2, -0.15) is 10.4 Å². The molecule has 0 fully saturated rings. The van der Waals surface area contributed by atoms with Crippen molar-refractivity contribution >= 4 is 27.4 Å². The molecule has 0 aliphatic heterocycles. The molecule has 32 heavy (non-hydrogen) atoms. The van der Waals surface area contributed by atoms with E-state index in [0.29, 0.717) is 29.5 Å². The fourth-order valence-corrected chi connectivity index (χ4v) is 4.29. The molecule has 166 valence electrons. The number of sulfonamides is 1. The summed E-state index contributed by atoms with van der Waals surface area (Å²) in [5, 5.41) is 15.8. The third kappa shape index (κ3) is 4.90. The molecule has 1 aromatic heterocycles. The van der Waals surface area contributed by atoms with Crippen molar-refractivity contribution in [2.45, 2.75) is 24.8 Å². The largest absolute Gasteiger partial charge is 0.497 e. The zero-order chi connectivity index (χ0) is 23.3. The molecular weight excluding hydrogens is 430 g/mol. The lowest BCUT2D eigenvalue weighted by Crippen LogP contribution is -2.27. The molecule has 0 unspecified atom stereocenters. The molecule has 1 amide bonds. The Hall–Kier alpha value is -3.84.